The molecule has 0 spiro atoms. The van der Waals surface area contributed by atoms with Gasteiger partial charge in [0.25, 0.3) is 0 Å². The van der Waals surface area contributed by atoms with Crippen molar-refractivity contribution in [3.8, 4) is 0 Å². The molecule has 0 saturated heterocycles. The Kier molecular flexibility index (Phi) is 20.3. The molecule has 0 aromatic rings. The highest BCUT2D eigenvalue weighted by Gasteiger charge is 2.33. The quantitative estimate of drug-likeness (QED) is 0.430. The third kappa shape index (κ3) is 16.2. The van der Waals surface area contributed by atoms with Crippen molar-refractivity contribution in [1.82, 2.24) is 5.32 Å². The van der Waals surface area contributed by atoms with E-state index in [-0.39, 0.29) is 24.6 Å². The molecular weight excluding hydrogens is 276 g/mol. The molecule has 0 aromatic heterocycles. The van der Waals surface area contributed by atoms with Gasteiger partial charge in [0.2, 0.25) is 0 Å². The van der Waals surface area contributed by atoms with Gasteiger partial charge in [-0.2, -0.15) is 0 Å². The van der Waals surface area contributed by atoms with Gasteiger partial charge < -0.3 is 19.3 Å². The maximum absolute atomic E-state index is 6.14. The number of nitrogens with one attached hydrogen (secondary N) is 1. The van der Waals surface area contributed by atoms with Gasteiger partial charge in [0.05, 0.1) is 0 Å². The molecule has 0 saturated carbocycles. The first kappa shape index (κ1) is 26.7. The zero-order chi connectivity index (χ0) is 13.2. The predicted octanol–water partition coefficient (Wildman–Crippen LogP) is 2.18. The van der Waals surface area contributed by atoms with Crippen LogP contribution in [0.5, 0.6) is 0 Å². The summed E-state index contributed by atoms with van der Waals surface area (Å²) in [6.07, 6.45) is 0.897. The smallest absolute Gasteiger partial charge is 0.310 e. The molecule has 3 N–H and O–H groups in total. The van der Waals surface area contributed by atoms with Gasteiger partial charge in [0.1, 0.15) is 9.76 Å². The molecule has 0 heterocycles. The van der Waals surface area contributed by atoms with Gasteiger partial charge >= 0.3 is 8.56 Å². The second kappa shape index (κ2) is 13.7. The van der Waals surface area contributed by atoms with Crippen LogP contribution in [0, 0.1) is 0 Å². The average molecular weight is 313 g/mol. The summed E-state index contributed by atoms with van der Waals surface area (Å²) in [6.45, 7) is 17.3. The van der Waals surface area contributed by atoms with Crippen LogP contribution >= 0.6 is 0 Å². The summed E-state index contributed by atoms with van der Waals surface area (Å²) < 4.78 is 11.9. The Hall–Kier alpha value is 0.231. The molecule has 0 radical (unpaired) electrons. The molecule has 114 valence electrons. The number of hydrogen-bond donors (Lipinski definition) is 2. The minimum Gasteiger partial charge on any atom is -0.442 e. The van der Waals surface area contributed by atoms with Crippen LogP contribution in [0.3, 0.4) is 0 Å². The van der Waals surface area contributed by atoms with Crippen LogP contribution in [0.25, 0.3) is 0 Å². The second-order valence-electron chi connectivity index (χ2n) is 4.33. The van der Waals surface area contributed by atoms with E-state index in [4.69, 9.17) is 14.0 Å². The lowest BCUT2D eigenvalue weighted by Gasteiger charge is -2.33. The summed E-state index contributed by atoms with van der Waals surface area (Å²) in [6, 6.07) is 0. The fraction of sp³-hybridized carbons (Fsp3) is 0.818. The van der Waals surface area contributed by atoms with E-state index in [1.165, 1.54) is 0 Å². The van der Waals surface area contributed by atoms with Crippen molar-refractivity contribution < 1.29 is 8.23 Å². The summed E-state index contributed by atoms with van der Waals surface area (Å²) in [5.41, 5.74) is 5.40. The van der Waals surface area contributed by atoms with E-state index < -0.39 is 16.9 Å². The van der Waals surface area contributed by atoms with Gasteiger partial charge in [0.15, 0.2) is 8.32 Å². The van der Waals surface area contributed by atoms with Crippen molar-refractivity contribution in [1.29, 1.82) is 0 Å². The molecule has 0 amide bonds. The lowest BCUT2D eigenvalue weighted by molar-refractivity contribution is 0.406. The van der Waals surface area contributed by atoms with Crippen LogP contribution in [0.2, 0.25) is 32.7 Å². The van der Waals surface area contributed by atoms with Crippen LogP contribution in [0.1, 0.15) is 14.9 Å². The summed E-state index contributed by atoms with van der Waals surface area (Å²) in [5, 5.41) is 3.15. The Labute approximate surface area is 120 Å². The molecule has 0 bridgehead atoms. The molecule has 7 heteroatoms. The maximum Gasteiger partial charge on any atom is 0.310 e. The van der Waals surface area contributed by atoms with Crippen LogP contribution in [0.15, 0.2) is 13.2 Å². The molecule has 0 aliphatic heterocycles. The summed E-state index contributed by atoms with van der Waals surface area (Å²) in [4.78, 5) is 0. The molecule has 0 fully saturated rings. The average Bonchev–Trinajstić information content (AvgIpc) is 2.16. The van der Waals surface area contributed by atoms with Gasteiger partial charge in [-0.3, -0.25) is 0 Å². The summed E-state index contributed by atoms with van der Waals surface area (Å²) in [5.74, 6) is 0. The Bertz CT molecular complexity index is 182. The standard InChI is InChI=1S/C7H24N2O2Si3.C2H4.2CH4/c1-12-10-14(4,5)11-13(2,3)7-9-6-8;1-2;;/h9H,6-8,12H2,1-5H3;1-2H2;2*1H4. The first-order chi connectivity index (χ1) is 7.33. The Morgan fingerprint density at radius 2 is 1.61 bits per heavy atom. The first-order valence-electron chi connectivity index (χ1n) is 5.58. The Morgan fingerprint density at radius 3 is 1.94 bits per heavy atom. The van der Waals surface area contributed by atoms with E-state index in [1.54, 1.807) is 0 Å². The van der Waals surface area contributed by atoms with E-state index >= 15 is 0 Å². The third-order valence-electron chi connectivity index (χ3n) is 1.71. The van der Waals surface area contributed by atoms with Gasteiger partial charge in [0, 0.05) is 12.8 Å². The second-order valence-corrected chi connectivity index (χ2v) is 13.5. The monoisotopic (exact) mass is 312 g/mol. The van der Waals surface area contributed by atoms with Crippen LogP contribution in [-0.4, -0.2) is 39.5 Å². The lowest BCUT2D eigenvalue weighted by atomic mass is 11.1. The first-order valence-corrected chi connectivity index (χ1v) is 13.5. The molecule has 0 aromatic carbocycles. The zero-order valence-electron chi connectivity index (χ0n) is 11.4. The minimum atomic E-state index is -1.85. The van der Waals surface area contributed by atoms with Gasteiger partial charge in [-0.15, -0.1) is 13.2 Å². The van der Waals surface area contributed by atoms with Crippen LogP contribution < -0.4 is 11.1 Å². The predicted molar refractivity (Wildman–Crippen MR) is 93.3 cm³/mol. The van der Waals surface area contributed by atoms with Crippen LogP contribution in [0.4, 0.5) is 0 Å². The highest BCUT2D eigenvalue weighted by molar-refractivity contribution is 6.83. The Morgan fingerprint density at radius 1 is 1.17 bits per heavy atom. The zero-order valence-corrected chi connectivity index (χ0v) is 14.8. The largest absolute Gasteiger partial charge is 0.442 e. The maximum atomic E-state index is 6.14. The normalized spacial score (nSPS) is 11.2. The van der Waals surface area contributed by atoms with Crippen molar-refractivity contribution >= 4 is 26.6 Å². The highest BCUT2D eigenvalue weighted by Crippen LogP contribution is 2.14. The van der Waals surface area contributed by atoms with Gasteiger partial charge in [-0.1, -0.05) is 21.4 Å². The van der Waals surface area contributed by atoms with Crippen molar-refractivity contribution in [3.63, 3.8) is 0 Å². The van der Waals surface area contributed by atoms with E-state index in [0.717, 1.165) is 6.17 Å². The van der Waals surface area contributed by atoms with E-state index in [1.807, 2.05) is 0 Å². The molecule has 4 nitrogen and oxygen atoms in total. The van der Waals surface area contributed by atoms with Gasteiger partial charge in [-0.05, 0) is 26.2 Å². The fourth-order valence-corrected chi connectivity index (χ4v) is 11.4. The Balaban J connectivity index is -0.000000232. The number of hydrogen-bond acceptors (Lipinski definition) is 4. The highest BCUT2D eigenvalue weighted by atomic mass is 28.5. The van der Waals surface area contributed by atoms with E-state index in [2.05, 4.69) is 51.2 Å². The molecule has 0 aliphatic rings. The van der Waals surface area contributed by atoms with E-state index in [0.29, 0.717) is 6.67 Å². The molecule has 0 aliphatic carbocycles. The van der Waals surface area contributed by atoms with Crippen molar-refractivity contribution in [2.45, 2.75) is 47.6 Å². The third-order valence-corrected chi connectivity index (χ3v) is 10.9. The molecule has 18 heavy (non-hydrogen) atoms. The minimum absolute atomic E-state index is 0. The number of rotatable bonds is 7. The van der Waals surface area contributed by atoms with E-state index in [9.17, 15) is 0 Å². The van der Waals surface area contributed by atoms with Gasteiger partial charge in [-0.25, -0.2) is 0 Å². The fourth-order valence-electron chi connectivity index (χ4n) is 1.45. The van der Waals surface area contributed by atoms with Crippen molar-refractivity contribution in [2.75, 3.05) is 12.8 Å². The molecule has 0 unspecified atom stereocenters. The topological polar surface area (TPSA) is 56.5 Å². The lowest BCUT2D eigenvalue weighted by Crippen LogP contribution is -2.53. The van der Waals surface area contributed by atoms with Crippen molar-refractivity contribution in [3.05, 3.63) is 13.2 Å². The SMILES string of the molecule is C.C.C=C.C[SiH2]O[Si](C)(C)O[Si](C)(C)CNCN. The summed E-state index contributed by atoms with van der Waals surface area (Å²) >= 11 is 0. The van der Waals surface area contributed by atoms with Crippen LogP contribution in [-0.2, 0) is 8.23 Å². The molecule has 0 rings (SSSR count). The van der Waals surface area contributed by atoms with Crippen molar-refractivity contribution in [2.24, 2.45) is 5.73 Å². The number of nitrogens with two attached hydrogens (primary N) is 1. The molecular formula is C11H36N2O2Si3. The molecule has 0 atom stereocenters. The summed E-state index contributed by atoms with van der Waals surface area (Å²) in [7, 11) is -3.84.